The third-order valence-corrected chi connectivity index (χ3v) is 5.60. The maximum atomic E-state index is 12.9. The van der Waals surface area contributed by atoms with Crippen LogP contribution in [0.2, 0.25) is 0 Å². The zero-order valence-electron chi connectivity index (χ0n) is 17.0. The zero-order chi connectivity index (χ0) is 29.3. The number of rotatable bonds is 9. The molecule has 0 amide bonds. The first-order valence-corrected chi connectivity index (χ1v) is 10.3. The molecule has 0 radical (unpaired) electrons. The van der Waals surface area contributed by atoms with Crippen LogP contribution in [0.4, 0.5) is 79.0 Å². The number of nitrogens with one attached hydrogen (secondary N) is 1. The van der Waals surface area contributed by atoms with E-state index in [0.717, 1.165) is 18.8 Å². The van der Waals surface area contributed by atoms with Gasteiger partial charge >= 0.3 is 46.0 Å². The molecule has 0 atom stereocenters. The van der Waals surface area contributed by atoms with E-state index in [1.54, 1.807) is 0 Å². The second-order valence-corrected chi connectivity index (χ2v) is 9.25. The fraction of sp³-hybridized carbons (Fsp3) is 1.00. The van der Waals surface area contributed by atoms with Crippen molar-refractivity contribution in [2.45, 2.75) is 69.2 Å². The lowest BCUT2D eigenvalue weighted by molar-refractivity contribution is -0.344. The topological polar surface area (TPSA) is 39.7 Å². The van der Waals surface area contributed by atoms with E-state index in [4.69, 9.17) is 0 Å². The van der Waals surface area contributed by atoms with Crippen LogP contribution in [0.15, 0.2) is 0 Å². The fourth-order valence-electron chi connectivity index (χ4n) is 1.96. The van der Waals surface area contributed by atoms with Crippen LogP contribution in [-0.2, 0) is 13.3 Å². The van der Waals surface area contributed by atoms with Gasteiger partial charge in [0.1, 0.15) is 0 Å². The molecule has 1 N–H and O–H groups in total. The van der Waals surface area contributed by atoms with Gasteiger partial charge in [-0.1, -0.05) is 13.8 Å². The molecule has 0 heterocycles. The molecule has 0 fully saturated rings. The Bertz CT molecular complexity index is 566. The Morgan fingerprint density at radius 1 is 0.472 bits per heavy atom. The van der Waals surface area contributed by atoms with Crippen molar-refractivity contribution in [3.8, 4) is 0 Å². The molecule has 0 saturated carbocycles. The van der Waals surface area contributed by atoms with Crippen LogP contribution in [0.5, 0.6) is 0 Å². The predicted octanol–water partition coefficient (Wildman–Crippen LogP) is 6.20. The maximum absolute atomic E-state index is 12.9. The maximum Gasteiger partial charge on any atom is 0.599 e. The molecule has 0 aliphatic rings. The third kappa shape index (κ3) is 10.7. The van der Waals surface area contributed by atoms with Gasteiger partial charge < -0.3 is 13.3 Å². The van der Waals surface area contributed by atoms with Crippen LogP contribution in [-0.4, -0.2) is 70.9 Å². The van der Waals surface area contributed by atoms with Gasteiger partial charge in [0.25, 0.3) is 0 Å². The number of hydrogen-bond donors (Lipinski definition) is 1. The summed E-state index contributed by atoms with van der Waals surface area (Å²) in [5, 5.41) is 0. The number of halogens is 18. The Balaban J connectivity index is 7.27. The summed E-state index contributed by atoms with van der Waals surface area (Å²) in [7, 11) is -7.78. The third-order valence-electron chi connectivity index (χ3n) is 3.33. The highest BCUT2D eigenvalue weighted by molar-refractivity contribution is 6.58. The molecule has 4 nitrogen and oxygen atoms in total. The quantitative estimate of drug-likeness (QED) is 0.253. The minimum Gasteiger partial charge on any atom is -0.340 e. The molecular weight excluding hydrogens is 588 g/mol. The van der Waals surface area contributed by atoms with Crippen molar-refractivity contribution >= 4 is 8.97 Å². The van der Waals surface area contributed by atoms with Crippen LogP contribution in [0, 0.1) is 5.92 Å². The van der Waals surface area contributed by atoms with Gasteiger partial charge in [-0.15, -0.1) is 0 Å². The summed E-state index contributed by atoms with van der Waals surface area (Å²) >= 11 is 0. The van der Waals surface area contributed by atoms with Crippen molar-refractivity contribution in [1.29, 1.82) is 0 Å². The van der Waals surface area contributed by atoms with Crippen molar-refractivity contribution in [3.63, 3.8) is 0 Å². The zero-order valence-corrected chi connectivity index (χ0v) is 18.0. The number of alkyl halides is 18. The van der Waals surface area contributed by atoms with E-state index in [0.29, 0.717) is 0 Å². The first kappa shape index (κ1) is 34.8. The van der Waals surface area contributed by atoms with Crippen LogP contribution in [0.25, 0.3) is 0 Å². The van der Waals surface area contributed by atoms with Crippen LogP contribution in [0.1, 0.15) is 13.8 Å². The molecule has 0 unspecified atom stereocenters. The Morgan fingerprint density at radius 3 is 0.806 bits per heavy atom. The predicted molar refractivity (Wildman–Crippen MR) is 79.5 cm³/mol. The second kappa shape index (κ2) is 10.9. The lowest BCUT2D eigenvalue weighted by atomic mass is 10.2. The molecule has 0 aromatic rings. The van der Waals surface area contributed by atoms with E-state index in [9.17, 15) is 79.0 Å². The molecule has 0 aromatic carbocycles. The Labute approximate surface area is 189 Å². The highest BCUT2D eigenvalue weighted by atomic mass is 28.4. The fourth-order valence-corrected chi connectivity index (χ4v) is 4.77. The molecule has 0 spiro atoms. The lowest BCUT2D eigenvalue weighted by Crippen LogP contribution is -2.71. The first-order chi connectivity index (χ1) is 15.4. The second-order valence-electron chi connectivity index (χ2n) is 7.07. The molecule has 0 aliphatic heterocycles. The average Bonchev–Trinajstić information content (AvgIpc) is 2.53. The normalized spacial score (nSPS) is 15.7. The minimum atomic E-state index is -7.78. The Hall–Kier alpha value is -1.20. The van der Waals surface area contributed by atoms with Crippen LogP contribution < -0.4 is 4.98 Å². The van der Waals surface area contributed by atoms with Gasteiger partial charge in [-0.25, -0.2) is 0 Å². The standard InChI is InChI=1S/C13H13F18NO3Si/c1-4(2)3-32-36(33-5(8(14,15)16)9(17,18)19,34-6(10(20,21)22)11(23,24)25)35-7(12(26,27)28)13(29,30)31/h4-7,32H,3H2,1-2H3. The summed E-state index contributed by atoms with van der Waals surface area (Å²) in [5.41, 5.74) is 0. The van der Waals surface area contributed by atoms with Crippen LogP contribution in [0.3, 0.4) is 0 Å². The lowest BCUT2D eigenvalue weighted by Gasteiger charge is -2.40. The summed E-state index contributed by atoms with van der Waals surface area (Å²) < 4.78 is 242. The SMILES string of the molecule is CC(C)CN[Si](OC(C(F)(F)F)C(F)(F)F)(OC(C(F)(F)F)C(F)(F)F)OC(C(F)(F)F)C(F)(F)F. The van der Waals surface area contributed by atoms with Gasteiger partial charge in [0.05, 0.1) is 0 Å². The van der Waals surface area contributed by atoms with Gasteiger partial charge in [0.15, 0.2) is 0 Å². The number of hydrogen-bond acceptors (Lipinski definition) is 4. The smallest absolute Gasteiger partial charge is 0.340 e. The highest BCUT2D eigenvalue weighted by Crippen LogP contribution is 2.44. The average molecular weight is 601 g/mol. The van der Waals surface area contributed by atoms with Gasteiger partial charge in [0, 0.05) is 0 Å². The summed E-state index contributed by atoms with van der Waals surface area (Å²) in [6.07, 6.45) is -57.7. The first-order valence-electron chi connectivity index (χ1n) is 8.62. The molecule has 0 aromatic heterocycles. The van der Waals surface area contributed by atoms with Crippen molar-refractivity contribution in [2.24, 2.45) is 5.92 Å². The van der Waals surface area contributed by atoms with Gasteiger partial charge in [0.2, 0.25) is 18.3 Å². The van der Waals surface area contributed by atoms with Gasteiger partial charge in [-0.05, 0) is 12.5 Å². The summed E-state index contributed by atoms with van der Waals surface area (Å²) in [6.45, 7) is 0.361. The summed E-state index contributed by atoms with van der Waals surface area (Å²) in [4.78, 5) is 0.829. The molecule has 218 valence electrons. The molecule has 0 rings (SSSR count). The van der Waals surface area contributed by atoms with E-state index >= 15 is 0 Å². The van der Waals surface area contributed by atoms with Crippen molar-refractivity contribution in [2.75, 3.05) is 6.54 Å². The molecule has 0 aliphatic carbocycles. The highest BCUT2D eigenvalue weighted by Gasteiger charge is 2.71. The Morgan fingerprint density at radius 2 is 0.667 bits per heavy atom. The monoisotopic (exact) mass is 601 g/mol. The summed E-state index contributed by atoms with van der Waals surface area (Å²) in [5.74, 6) is -1.26. The van der Waals surface area contributed by atoms with Crippen LogP contribution >= 0.6 is 0 Å². The molecule has 0 saturated heterocycles. The largest absolute Gasteiger partial charge is 0.599 e. The van der Waals surface area contributed by atoms with E-state index < -0.39 is 76.8 Å². The summed E-state index contributed by atoms with van der Waals surface area (Å²) in [6, 6.07) is 0. The van der Waals surface area contributed by atoms with Gasteiger partial charge in [-0.3, -0.25) is 4.98 Å². The van der Waals surface area contributed by atoms with E-state index in [2.05, 4.69) is 13.3 Å². The van der Waals surface area contributed by atoms with Crippen molar-refractivity contribution in [1.82, 2.24) is 4.98 Å². The van der Waals surface area contributed by atoms with E-state index in [-0.39, 0.29) is 0 Å². The molecule has 23 heteroatoms. The Kier molecular flexibility index (Phi) is 10.5. The van der Waals surface area contributed by atoms with Crippen molar-refractivity contribution in [3.05, 3.63) is 0 Å². The van der Waals surface area contributed by atoms with Crippen molar-refractivity contribution < 1.29 is 92.3 Å². The molecule has 0 bridgehead atoms. The van der Waals surface area contributed by atoms with Gasteiger partial charge in [-0.2, -0.15) is 79.0 Å². The van der Waals surface area contributed by atoms with E-state index in [1.807, 2.05) is 0 Å². The molecular formula is C13H13F18NO3Si. The van der Waals surface area contributed by atoms with E-state index in [1.165, 1.54) is 0 Å². The molecule has 36 heavy (non-hydrogen) atoms. The minimum absolute atomic E-state index is 0.829.